The van der Waals surface area contributed by atoms with E-state index < -0.39 is 0 Å². The van der Waals surface area contributed by atoms with E-state index in [-0.39, 0.29) is 34.6 Å². The van der Waals surface area contributed by atoms with Gasteiger partial charge < -0.3 is 15.3 Å². The monoisotopic (exact) mass is 531 g/mol. The minimum Gasteiger partial charge on any atom is -0.872 e. The van der Waals surface area contributed by atoms with Crippen molar-refractivity contribution in [2.45, 2.75) is 0 Å². The number of hydrogen-bond acceptors (Lipinski definition) is 6. The molecule has 0 aliphatic rings. The maximum absolute atomic E-state index is 11.3. The molecule has 0 N–H and O–H groups in total. The SMILES string of the molecule is N#Cc1ccc([O-])c2ccccc12.N#Cc1ccc([O-])c2ccccc12.N#Cc1ccc([O-])c2ccccc12.[Al+3]. The minimum atomic E-state index is -0.0328. The molecule has 0 amide bonds. The number of nitrogens with zero attached hydrogens (tertiary/aromatic N) is 3. The van der Waals surface area contributed by atoms with Gasteiger partial charge in [-0.05, 0) is 50.5 Å². The van der Waals surface area contributed by atoms with Gasteiger partial charge in [-0.3, -0.25) is 0 Å². The van der Waals surface area contributed by atoms with Gasteiger partial charge in [0.15, 0.2) is 0 Å². The third kappa shape index (κ3) is 6.14. The Labute approximate surface area is 241 Å². The van der Waals surface area contributed by atoms with E-state index in [1.54, 1.807) is 72.8 Å². The van der Waals surface area contributed by atoms with Crippen LogP contribution in [-0.2, 0) is 0 Å². The Morgan fingerprint density at radius 3 is 0.800 bits per heavy atom. The van der Waals surface area contributed by atoms with Gasteiger partial charge >= 0.3 is 17.4 Å². The van der Waals surface area contributed by atoms with E-state index in [9.17, 15) is 15.3 Å². The standard InChI is InChI=1S/3C11H7NO.Al/c3*12-7-8-5-6-11(13)10-4-2-1-3-9(8)10;/h3*1-6,13H;/q;;;+3/p-3. The third-order valence-corrected chi connectivity index (χ3v) is 6.01. The Balaban J connectivity index is 0.000000163. The van der Waals surface area contributed by atoms with Crippen LogP contribution in [0, 0.1) is 34.0 Å². The van der Waals surface area contributed by atoms with Crippen LogP contribution in [0.5, 0.6) is 17.2 Å². The molecule has 0 aromatic heterocycles. The Morgan fingerprint density at radius 2 is 0.575 bits per heavy atom. The molecule has 6 aromatic carbocycles. The molecular weight excluding hydrogens is 513 g/mol. The molecule has 0 fully saturated rings. The van der Waals surface area contributed by atoms with Crippen molar-refractivity contribution in [3.05, 3.63) is 126 Å². The van der Waals surface area contributed by atoms with E-state index in [1.165, 1.54) is 18.2 Å². The van der Waals surface area contributed by atoms with Crippen LogP contribution in [0.15, 0.2) is 109 Å². The fraction of sp³-hybridized carbons (Fsp3) is 0. The molecule has 0 heterocycles. The van der Waals surface area contributed by atoms with Gasteiger partial charge in [0.05, 0.1) is 34.9 Å². The first kappa shape index (κ1) is 29.1. The van der Waals surface area contributed by atoms with Gasteiger partial charge in [-0.25, -0.2) is 0 Å². The van der Waals surface area contributed by atoms with Gasteiger partial charge in [0, 0.05) is 0 Å². The van der Waals surface area contributed by atoms with Crippen molar-refractivity contribution in [3.63, 3.8) is 0 Å². The predicted molar refractivity (Wildman–Crippen MR) is 150 cm³/mol. The molecule has 0 spiro atoms. The van der Waals surface area contributed by atoms with Crippen molar-refractivity contribution in [2.24, 2.45) is 0 Å². The molecule has 6 aromatic rings. The van der Waals surface area contributed by atoms with Gasteiger partial charge in [0.1, 0.15) is 0 Å². The molecule has 0 radical (unpaired) electrons. The molecule has 0 saturated heterocycles. The second-order valence-electron chi connectivity index (χ2n) is 8.31. The number of fused-ring (bicyclic) bond motifs is 3. The maximum Gasteiger partial charge on any atom is 3.00 e. The molecule has 40 heavy (non-hydrogen) atoms. The molecule has 0 aliphatic heterocycles. The van der Waals surface area contributed by atoms with Crippen LogP contribution in [0.2, 0.25) is 0 Å². The second kappa shape index (κ2) is 13.3. The van der Waals surface area contributed by atoms with Crippen LogP contribution in [0.4, 0.5) is 0 Å². The quantitative estimate of drug-likeness (QED) is 0.253. The van der Waals surface area contributed by atoms with Gasteiger partial charge in [-0.1, -0.05) is 91.0 Å². The average molecular weight is 532 g/mol. The van der Waals surface area contributed by atoms with E-state index in [1.807, 2.05) is 18.2 Å². The largest absolute Gasteiger partial charge is 3.00 e. The number of rotatable bonds is 0. The molecule has 0 bridgehead atoms. The van der Waals surface area contributed by atoms with Gasteiger partial charge in [-0.15, -0.1) is 17.2 Å². The topological polar surface area (TPSA) is 141 Å². The molecule has 6 nitrogen and oxygen atoms in total. The van der Waals surface area contributed by atoms with Crippen LogP contribution in [-0.4, -0.2) is 17.4 Å². The smallest absolute Gasteiger partial charge is 0.872 e. The summed E-state index contributed by atoms with van der Waals surface area (Å²) in [6, 6.07) is 36.6. The Bertz CT molecular complexity index is 1720. The van der Waals surface area contributed by atoms with Gasteiger partial charge in [0.2, 0.25) is 0 Å². The molecule has 6 rings (SSSR count). The zero-order chi connectivity index (χ0) is 27.8. The van der Waals surface area contributed by atoms with Crippen LogP contribution in [0.1, 0.15) is 16.7 Å². The molecule has 0 saturated carbocycles. The van der Waals surface area contributed by atoms with Crippen molar-refractivity contribution < 1.29 is 15.3 Å². The Kier molecular flexibility index (Phi) is 9.70. The van der Waals surface area contributed by atoms with Crippen molar-refractivity contribution in [1.29, 1.82) is 15.8 Å². The van der Waals surface area contributed by atoms with Crippen molar-refractivity contribution in [1.82, 2.24) is 0 Å². The van der Waals surface area contributed by atoms with E-state index in [0.29, 0.717) is 32.8 Å². The first-order valence-electron chi connectivity index (χ1n) is 11.7. The summed E-state index contributed by atoms with van der Waals surface area (Å²) < 4.78 is 0. The normalized spacial score (nSPS) is 9.53. The van der Waals surface area contributed by atoms with Crippen molar-refractivity contribution in [2.75, 3.05) is 0 Å². The number of benzene rings is 6. The first-order valence-corrected chi connectivity index (χ1v) is 11.7. The summed E-state index contributed by atoms with van der Waals surface area (Å²) in [5.74, 6) is -0.0983. The van der Waals surface area contributed by atoms with Crippen molar-refractivity contribution >= 4 is 49.7 Å². The molecule has 186 valence electrons. The summed E-state index contributed by atoms with van der Waals surface area (Å²) in [4.78, 5) is 0. The van der Waals surface area contributed by atoms with E-state index in [2.05, 4.69) is 18.2 Å². The van der Waals surface area contributed by atoms with Gasteiger partial charge in [-0.2, -0.15) is 15.8 Å². The van der Waals surface area contributed by atoms with E-state index >= 15 is 0 Å². The average Bonchev–Trinajstić information content (AvgIpc) is 2.99. The van der Waals surface area contributed by atoms with E-state index in [4.69, 9.17) is 15.8 Å². The van der Waals surface area contributed by atoms with E-state index in [0.717, 1.165) is 16.2 Å². The number of nitriles is 3. The summed E-state index contributed by atoms with van der Waals surface area (Å²) in [7, 11) is 0. The predicted octanol–water partition coefficient (Wildman–Crippen LogP) is 4.97. The van der Waals surface area contributed by atoms with Crippen LogP contribution in [0.25, 0.3) is 32.3 Å². The summed E-state index contributed by atoms with van der Waals surface area (Å²) in [6.07, 6.45) is 0. The number of hydrogen-bond donors (Lipinski definition) is 0. The maximum atomic E-state index is 11.3. The molecule has 0 aliphatic carbocycles. The summed E-state index contributed by atoms with van der Waals surface area (Å²) in [6.45, 7) is 0. The van der Waals surface area contributed by atoms with Crippen molar-refractivity contribution in [3.8, 4) is 35.5 Å². The van der Waals surface area contributed by atoms with Crippen LogP contribution in [0.3, 0.4) is 0 Å². The summed E-state index contributed by atoms with van der Waals surface area (Å²) in [5.41, 5.74) is 1.65. The summed E-state index contributed by atoms with van der Waals surface area (Å²) in [5, 5.41) is 64.4. The Hall–Kier alpha value is -5.50. The fourth-order valence-electron chi connectivity index (χ4n) is 4.11. The Morgan fingerprint density at radius 1 is 0.350 bits per heavy atom. The van der Waals surface area contributed by atoms with Gasteiger partial charge in [0.25, 0.3) is 0 Å². The molecule has 0 unspecified atom stereocenters. The van der Waals surface area contributed by atoms with Crippen LogP contribution < -0.4 is 15.3 Å². The minimum absolute atomic E-state index is 0. The first-order chi connectivity index (χ1) is 19.0. The fourth-order valence-corrected chi connectivity index (χ4v) is 4.11. The molecular formula is C33H18AlN3O3. The second-order valence-corrected chi connectivity index (χ2v) is 8.31. The summed E-state index contributed by atoms with van der Waals surface area (Å²) >= 11 is 0. The molecule has 7 heteroatoms. The third-order valence-electron chi connectivity index (χ3n) is 6.01. The zero-order valence-corrected chi connectivity index (χ0v) is 22.2. The van der Waals surface area contributed by atoms with Crippen LogP contribution >= 0.6 is 0 Å². The molecule has 0 atom stereocenters. The zero-order valence-electron chi connectivity index (χ0n) is 21.0.